The Labute approximate surface area is 134 Å². The summed E-state index contributed by atoms with van der Waals surface area (Å²) < 4.78 is 0.839. The molecule has 106 valence electrons. The van der Waals surface area contributed by atoms with E-state index in [0.717, 1.165) is 15.4 Å². The molecule has 3 aromatic rings. The van der Waals surface area contributed by atoms with E-state index in [1.165, 1.54) is 0 Å². The largest absolute Gasteiger partial charge is 0.399 e. The van der Waals surface area contributed by atoms with Crippen LogP contribution in [0.4, 0.5) is 11.4 Å². The van der Waals surface area contributed by atoms with Crippen molar-refractivity contribution in [1.82, 2.24) is 4.98 Å². The molecular formula is C15H11BrClN3O. The Morgan fingerprint density at radius 3 is 2.81 bits per heavy atom. The third-order valence-corrected chi connectivity index (χ3v) is 3.89. The molecule has 2 aromatic carbocycles. The summed E-state index contributed by atoms with van der Waals surface area (Å²) in [6.45, 7) is 0. The van der Waals surface area contributed by atoms with E-state index in [1.54, 1.807) is 24.3 Å². The molecule has 1 aromatic heterocycles. The fraction of sp³-hybridized carbons (Fsp3) is 0. The maximum Gasteiger partial charge on any atom is 0.272 e. The molecule has 4 nitrogen and oxygen atoms in total. The van der Waals surface area contributed by atoms with Gasteiger partial charge in [-0.1, -0.05) is 27.5 Å². The first-order valence-electron chi connectivity index (χ1n) is 6.17. The molecule has 0 aliphatic carbocycles. The number of halogens is 2. The summed E-state index contributed by atoms with van der Waals surface area (Å²) in [5, 5.41) is 4.15. The first kappa shape index (κ1) is 14.0. The summed E-state index contributed by atoms with van der Waals surface area (Å²) in [6.07, 6.45) is 0. The number of rotatable bonds is 2. The zero-order chi connectivity index (χ0) is 15.0. The fourth-order valence-corrected chi connectivity index (χ4v) is 2.58. The summed E-state index contributed by atoms with van der Waals surface area (Å²) >= 11 is 9.41. The lowest BCUT2D eigenvalue weighted by Crippen LogP contribution is -2.12. The summed E-state index contributed by atoms with van der Waals surface area (Å²) in [4.78, 5) is 15.3. The first-order chi connectivity index (χ1) is 10.0. The monoisotopic (exact) mass is 363 g/mol. The van der Waals surface area contributed by atoms with Crippen LogP contribution in [0.15, 0.2) is 46.9 Å². The standard InChI is InChI=1S/C15H11BrClN3O/c16-9-1-3-11(17)13(7-9)20-15(21)14-6-8-5-10(18)2-4-12(8)19-14/h1-7,19H,18H2,(H,20,21). The van der Waals surface area contributed by atoms with Crippen LogP contribution in [0, 0.1) is 0 Å². The summed E-state index contributed by atoms with van der Waals surface area (Å²) in [5.41, 5.74) is 8.25. The van der Waals surface area contributed by atoms with Crippen LogP contribution in [-0.2, 0) is 0 Å². The average Bonchev–Trinajstić information content (AvgIpc) is 2.86. The molecule has 0 aliphatic heterocycles. The number of nitrogens with one attached hydrogen (secondary N) is 2. The summed E-state index contributed by atoms with van der Waals surface area (Å²) in [6, 6.07) is 12.5. The van der Waals surface area contributed by atoms with Gasteiger partial charge in [-0.05, 0) is 42.5 Å². The fourth-order valence-electron chi connectivity index (χ4n) is 2.06. The van der Waals surface area contributed by atoms with Crippen molar-refractivity contribution in [2.75, 3.05) is 11.1 Å². The van der Waals surface area contributed by atoms with E-state index in [0.29, 0.717) is 22.1 Å². The lowest BCUT2D eigenvalue weighted by Gasteiger charge is -2.06. The van der Waals surface area contributed by atoms with E-state index in [9.17, 15) is 4.79 Å². The molecule has 1 amide bonds. The van der Waals surface area contributed by atoms with Crippen molar-refractivity contribution < 1.29 is 4.79 Å². The number of amides is 1. The van der Waals surface area contributed by atoms with Gasteiger partial charge in [0.1, 0.15) is 5.69 Å². The van der Waals surface area contributed by atoms with Crippen LogP contribution in [0.25, 0.3) is 10.9 Å². The Bertz CT molecular complexity index is 844. The number of anilines is 2. The molecule has 0 radical (unpaired) electrons. The van der Waals surface area contributed by atoms with Gasteiger partial charge in [-0.3, -0.25) is 4.79 Å². The molecule has 0 bridgehead atoms. The molecular weight excluding hydrogens is 354 g/mol. The lowest BCUT2D eigenvalue weighted by atomic mass is 10.2. The number of nitrogens with two attached hydrogens (primary N) is 1. The Morgan fingerprint density at radius 1 is 1.19 bits per heavy atom. The van der Waals surface area contributed by atoms with Gasteiger partial charge in [-0.2, -0.15) is 0 Å². The van der Waals surface area contributed by atoms with Crippen molar-refractivity contribution in [3.63, 3.8) is 0 Å². The first-order valence-corrected chi connectivity index (χ1v) is 7.35. The maximum absolute atomic E-state index is 12.3. The topological polar surface area (TPSA) is 70.9 Å². The van der Waals surface area contributed by atoms with Gasteiger partial charge >= 0.3 is 0 Å². The Kier molecular flexibility index (Phi) is 3.61. The number of carbonyl (C=O) groups is 1. The highest BCUT2D eigenvalue weighted by Crippen LogP contribution is 2.26. The van der Waals surface area contributed by atoms with Crippen molar-refractivity contribution in [2.45, 2.75) is 0 Å². The average molecular weight is 365 g/mol. The Morgan fingerprint density at radius 2 is 2.00 bits per heavy atom. The number of fused-ring (bicyclic) bond motifs is 1. The van der Waals surface area contributed by atoms with Gasteiger partial charge in [0.2, 0.25) is 0 Å². The van der Waals surface area contributed by atoms with E-state index in [1.807, 2.05) is 18.2 Å². The molecule has 0 aliphatic rings. The molecule has 0 spiro atoms. The number of carbonyl (C=O) groups excluding carboxylic acids is 1. The van der Waals surface area contributed by atoms with Crippen molar-refractivity contribution in [3.8, 4) is 0 Å². The minimum atomic E-state index is -0.259. The van der Waals surface area contributed by atoms with Crippen LogP contribution in [-0.4, -0.2) is 10.9 Å². The van der Waals surface area contributed by atoms with Gasteiger partial charge in [-0.15, -0.1) is 0 Å². The number of nitrogen functional groups attached to an aromatic ring is 1. The van der Waals surface area contributed by atoms with Crippen molar-refractivity contribution in [1.29, 1.82) is 0 Å². The zero-order valence-corrected chi connectivity index (χ0v) is 13.1. The quantitative estimate of drug-likeness (QED) is 0.589. The van der Waals surface area contributed by atoms with Crippen LogP contribution >= 0.6 is 27.5 Å². The molecule has 1 heterocycles. The van der Waals surface area contributed by atoms with Crippen LogP contribution in [0.1, 0.15) is 10.5 Å². The van der Waals surface area contributed by atoms with Crippen LogP contribution < -0.4 is 11.1 Å². The Balaban J connectivity index is 1.91. The van der Waals surface area contributed by atoms with Gasteiger partial charge < -0.3 is 16.0 Å². The second-order valence-electron chi connectivity index (χ2n) is 4.61. The number of hydrogen-bond donors (Lipinski definition) is 3. The molecule has 0 saturated carbocycles. The van der Waals surface area contributed by atoms with Crippen LogP contribution in [0.2, 0.25) is 5.02 Å². The van der Waals surface area contributed by atoms with Gasteiger partial charge in [0.25, 0.3) is 5.91 Å². The third-order valence-electron chi connectivity index (χ3n) is 3.07. The van der Waals surface area contributed by atoms with E-state index < -0.39 is 0 Å². The molecule has 6 heteroatoms. The normalized spacial score (nSPS) is 10.8. The molecule has 0 fully saturated rings. The van der Waals surface area contributed by atoms with Crippen molar-refractivity contribution in [3.05, 3.63) is 57.7 Å². The van der Waals surface area contributed by atoms with Gasteiger partial charge in [0, 0.05) is 21.1 Å². The second kappa shape index (κ2) is 5.42. The predicted octanol–water partition coefficient (Wildman–Crippen LogP) is 4.42. The molecule has 0 unspecified atom stereocenters. The summed E-state index contributed by atoms with van der Waals surface area (Å²) in [7, 11) is 0. The second-order valence-corrected chi connectivity index (χ2v) is 5.93. The van der Waals surface area contributed by atoms with Gasteiger partial charge in [0.05, 0.1) is 10.7 Å². The SMILES string of the molecule is Nc1ccc2[nH]c(C(=O)Nc3cc(Br)ccc3Cl)cc2c1. The van der Waals surface area contributed by atoms with Gasteiger partial charge in [0.15, 0.2) is 0 Å². The predicted molar refractivity (Wildman–Crippen MR) is 89.8 cm³/mol. The van der Waals surface area contributed by atoms with E-state index in [2.05, 4.69) is 26.2 Å². The smallest absolute Gasteiger partial charge is 0.272 e. The highest BCUT2D eigenvalue weighted by Gasteiger charge is 2.12. The number of H-pyrrole nitrogens is 1. The number of aromatic amines is 1. The highest BCUT2D eigenvalue weighted by molar-refractivity contribution is 9.10. The van der Waals surface area contributed by atoms with E-state index in [4.69, 9.17) is 17.3 Å². The minimum Gasteiger partial charge on any atom is -0.399 e. The van der Waals surface area contributed by atoms with Crippen molar-refractivity contribution in [2.24, 2.45) is 0 Å². The highest BCUT2D eigenvalue weighted by atomic mass is 79.9. The summed E-state index contributed by atoms with van der Waals surface area (Å²) in [5.74, 6) is -0.259. The van der Waals surface area contributed by atoms with Crippen LogP contribution in [0.3, 0.4) is 0 Å². The molecule has 3 rings (SSSR count). The third kappa shape index (κ3) is 2.89. The molecule has 4 N–H and O–H groups in total. The maximum atomic E-state index is 12.3. The van der Waals surface area contributed by atoms with E-state index >= 15 is 0 Å². The van der Waals surface area contributed by atoms with Crippen molar-refractivity contribution >= 4 is 55.7 Å². The number of aromatic nitrogens is 1. The lowest BCUT2D eigenvalue weighted by molar-refractivity contribution is 0.102. The number of benzene rings is 2. The molecule has 0 atom stereocenters. The number of hydrogen-bond acceptors (Lipinski definition) is 2. The van der Waals surface area contributed by atoms with Crippen LogP contribution in [0.5, 0.6) is 0 Å². The molecule has 0 saturated heterocycles. The van der Waals surface area contributed by atoms with Gasteiger partial charge in [-0.25, -0.2) is 0 Å². The Hall–Kier alpha value is -1.98. The molecule has 21 heavy (non-hydrogen) atoms. The zero-order valence-electron chi connectivity index (χ0n) is 10.8. The minimum absolute atomic E-state index is 0.259. The van der Waals surface area contributed by atoms with E-state index in [-0.39, 0.29) is 5.91 Å².